The summed E-state index contributed by atoms with van der Waals surface area (Å²) in [6.07, 6.45) is -0.970. The van der Waals surface area contributed by atoms with Crippen LogP contribution < -0.4 is 30.8 Å². The van der Waals surface area contributed by atoms with Crippen LogP contribution in [0.2, 0.25) is 5.28 Å². The topological polar surface area (TPSA) is 213 Å². The summed E-state index contributed by atoms with van der Waals surface area (Å²) in [5.74, 6) is 2.49. The van der Waals surface area contributed by atoms with E-state index in [4.69, 9.17) is 45.6 Å². The maximum absolute atomic E-state index is 13.7. The zero-order valence-corrected chi connectivity index (χ0v) is 46.1. The van der Waals surface area contributed by atoms with Crippen LogP contribution in [0.1, 0.15) is 93.2 Å². The lowest BCUT2D eigenvalue weighted by atomic mass is 9.77. The Morgan fingerprint density at radius 1 is 0.697 bits per heavy atom. The normalized spacial score (nSPS) is 24.6. The van der Waals surface area contributed by atoms with Gasteiger partial charge in [-0.1, -0.05) is 0 Å². The maximum Gasteiger partial charge on any atom is 0.496 e. The SMILES string of the molecule is CN(C)C=Nc1cc(C(F)F)c(B2OC(C)(C)C(C)(C)O2)cn1.C[C@@H]1CN(c2nc(-c3cnc(N)cc3C(F)F)nc(N3CCO[C@@H](C)C3)n2)C[C@H](C)O1.C[C@@H]1CN(c2nc(Cl)nc(N3CCOC[C@H]3C)n2)C[C@H](C)O1. The van der Waals surface area contributed by atoms with Gasteiger partial charge in [-0.05, 0) is 93.0 Å². The van der Waals surface area contributed by atoms with Gasteiger partial charge in [0.05, 0.1) is 73.9 Å². The lowest BCUT2D eigenvalue weighted by Gasteiger charge is -2.36. The monoisotopic (exact) mass is 1090 g/mol. The molecule has 0 spiro atoms. The molecule has 9 rings (SSSR count). The Morgan fingerprint density at radius 2 is 1.24 bits per heavy atom. The van der Waals surface area contributed by atoms with Crippen molar-refractivity contribution < 1.29 is 45.8 Å². The van der Waals surface area contributed by atoms with Gasteiger partial charge in [-0.25, -0.2) is 32.5 Å². The summed E-state index contributed by atoms with van der Waals surface area (Å²) in [5.41, 5.74) is 4.39. The molecule has 6 atom stereocenters. The van der Waals surface area contributed by atoms with Crippen LogP contribution >= 0.6 is 11.6 Å². The number of pyridine rings is 2. The van der Waals surface area contributed by atoms with Crippen LogP contribution in [0.5, 0.6) is 0 Å². The van der Waals surface area contributed by atoms with Crippen molar-refractivity contribution in [3.8, 4) is 11.4 Å². The number of rotatable bonds is 10. The van der Waals surface area contributed by atoms with Crippen molar-refractivity contribution in [2.24, 2.45) is 4.99 Å². The van der Waals surface area contributed by atoms with Crippen LogP contribution in [0, 0.1) is 0 Å². The third kappa shape index (κ3) is 14.8. The molecule has 0 aromatic carbocycles. The number of hydrogen-bond acceptors (Lipinski definition) is 20. The highest BCUT2D eigenvalue weighted by Gasteiger charge is 2.53. The van der Waals surface area contributed by atoms with Gasteiger partial charge in [0.25, 0.3) is 12.9 Å². The highest BCUT2D eigenvalue weighted by molar-refractivity contribution is 6.62. The minimum atomic E-state index is -2.74. The number of hydrogen-bond donors (Lipinski definition) is 1. The average molecular weight is 1090 g/mol. The number of aliphatic imine (C=N–C) groups is 1. The van der Waals surface area contributed by atoms with E-state index in [1.54, 1.807) is 19.0 Å². The van der Waals surface area contributed by atoms with Gasteiger partial charge in [0.15, 0.2) is 11.6 Å². The van der Waals surface area contributed by atoms with E-state index in [-0.39, 0.29) is 81.5 Å². The maximum atomic E-state index is 13.7. The second kappa shape index (κ2) is 25.0. The first kappa shape index (κ1) is 58.3. The van der Waals surface area contributed by atoms with E-state index in [1.165, 1.54) is 30.9 Å². The smallest absolute Gasteiger partial charge is 0.399 e. The van der Waals surface area contributed by atoms with Gasteiger partial charge >= 0.3 is 7.12 Å². The highest BCUT2D eigenvalue weighted by Crippen LogP contribution is 2.38. The molecule has 0 saturated carbocycles. The molecule has 4 aromatic heterocycles. The summed E-state index contributed by atoms with van der Waals surface area (Å²) in [4.78, 5) is 49.1. The number of halogens is 5. The zero-order chi connectivity index (χ0) is 55.2. The molecule has 76 heavy (non-hydrogen) atoms. The Labute approximate surface area is 447 Å². The number of aromatic nitrogens is 8. The van der Waals surface area contributed by atoms with E-state index in [0.717, 1.165) is 19.6 Å². The number of ether oxygens (including phenoxy) is 4. The molecule has 0 amide bonds. The predicted octanol–water partition coefficient (Wildman–Crippen LogP) is 6.20. The number of nitrogens with zero attached hydrogens (tertiary/aromatic N) is 14. The number of anilines is 5. The fourth-order valence-electron chi connectivity index (χ4n) is 8.99. The van der Waals surface area contributed by atoms with Gasteiger partial charge in [-0.2, -0.15) is 29.9 Å². The molecule has 0 bridgehead atoms. The standard InChI is InChI=1S/C20H27F2N7O2.C15H22BF2N3O2.C14H22ClN5O2/c1-11-8-28(4-5-30-11)19-25-18(15-7-24-16(23)6-14(15)17(21)22)26-20(27-19)29-9-12(2)31-13(3)10-29;1-14(2)15(3,4)23-16(22-14)11-8-19-12(20-9-21(5)6)7-10(11)13(17)18;1-9-8-21-5-4-20(9)14-17-12(15)16-13(18-14)19-6-10(2)22-11(3)7-19/h6-7,11-13,17H,4-5,8-10H2,1-3H3,(H2,23,24);7-9,13H,1-6H3;9-11H,4-8H2,1-3H3/t11-,12-,13+;;9-,10-,11+/m0.1/s1. The van der Waals surface area contributed by atoms with Crippen LogP contribution in [0.25, 0.3) is 11.4 Å². The van der Waals surface area contributed by atoms with Crippen LogP contribution in [0.15, 0.2) is 29.5 Å². The van der Waals surface area contributed by atoms with Gasteiger partial charge in [0.1, 0.15) is 5.82 Å². The van der Waals surface area contributed by atoms with Crippen molar-refractivity contribution in [1.29, 1.82) is 0 Å². The summed E-state index contributed by atoms with van der Waals surface area (Å²) >= 11 is 6.13. The van der Waals surface area contributed by atoms with Crippen molar-refractivity contribution in [3.63, 3.8) is 0 Å². The summed E-state index contributed by atoms with van der Waals surface area (Å²) in [6.45, 7) is 26.2. The Bertz CT molecular complexity index is 2580. The molecule has 0 radical (unpaired) electrons. The number of nitrogens with two attached hydrogens (primary N) is 1. The molecule has 416 valence electrons. The minimum Gasteiger partial charge on any atom is -0.399 e. The van der Waals surface area contributed by atoms with Crippen LogP contribution in [0.3, 0.4) is 0 Å². The van der Waals surface area contributed by atoms with Gasteiger partial charge in [-0.15, -0.1) is 0 Å². The highest BCUT2D eigenvalue weighted by atomic mass is 35.5. The first-order valence-electron chi connectivity index (χ1n) is 25.4. The molecule has 5 aliphatic heterocycles. The van der Waals surface area contributed by atoms with E-state index in [1.807, 2.05) is 58.3 Å². The van der Waals surface area contributed by atoms with Crippen molar-refractivity contribution in [2.75, 3.05) is 105 Å². The van der Waals surface area contributed by atoms with E-state index < -0.39 is 31.2 Å². The quantitative estimate of drug-likeness (QED) is 0.0811. The molecular weight excluding hydrogens is 1020 g/mol. The molecule has 2 N–H and O–H groups in total. The molecule has 27 heteroatoms. The molecule has 0 aliphatic carbocycles. The van der Waals surface area contributed by atoms with E-state index in [9.17, 15) is 17.6 Å². The fraction of sp³-hybridized carbons (Fsp3) is 0.653. The minimum absolute atomic E-state index is 0.00867. The Morgan fingerprint density at radius 3 is 1.79 bits per heavy atom. The van der Waals surface area contributed by atoms with Crippen molar-refractivity contribution in [1.82, 2.24) is 44.8 Å². The molecule has 0 unspecified atom stereocenters. The zero-order valence-electron chi connectivity index (χ0n) is 45.3. The molecule has 4 aromatic rings. The van der Waals surface area contributed by atoms with E-state index in [2.05, 4.69) is 75.4 Å². The van der Waals surface area contributed by atoms with Crippen molar-refractivity contribution in [2.45, 2.75) is 130 Å². The Kier molecular flexibility index (Phi) is 19.1. The van der Waals surface area contributed by atoms with E-state index >= 15 is 0 Å². The lowest BCUT2D eigenvalue weighted by molar-refractivity contribution is -0.00598. The fourth-order valence-corrected chi connectivity index (χ4v) is 9.14. The first-order valence-corrected chi connectivity index (χ1v) is 25.8. The van der Waals surface area contributed by atoms with Crippen LogP contribution in [-0.4, -0.2) is 186 Å². The summed E-state index contributed by atoms with van der Waals surface area (Å²) < 4.78 is 88.7. The molecular formula is C49H71BClF4N15O6. The van der Waals surface area contributed by atoms with Crippen LogP contribution in [0.4, 0.5) is 53.0 Å². The van der Waals surface area contributed by atoms with Crippen molar-refractivity contribution in [3.05, 3.63) is 40.9 Å². The van der Waals surface area contributed by atoms with E-state index in [0.29, 0.717) is 69.8 Å². The molecule has 5 aliphatic rings. The number of nitrogen functional groups attached to an aromatic ring is 1. The second-order valence-corrected chi connectivity index (χ2v) is 21.1. The van der Waals surface area contributed by atoms with Crippen molar-refractivity contribution >= 4 is 65.9 Å². The Balaban J connectivity index is 0.000000169. The third-order valence-electron chi connectivity index (χ3n) is 13.3. The number of morpholine rings is 4. The molecule has 5 fully saturated rings. The number of alkyl halides is 4. The molecule has 9 heterocycles. The first-order chi connectivity index (χ1) is 35.9. The second-order valence-electron chi connectivity index (χ2n) is 20.8. The largest absolute Gasteiger partial charge is 0.496 e. The van der Waals surface area contributed by atoms with Gasteiger partial charge in [-0.3, -0.25) is 0 Å². The van der Waals surface area contributed by atoms with Gasteiger partial charge in [0.2, 0.25) is 29.1 Å². The molecule has 21 nitrogen and oxygen atoms in total. The Hall–Kier alpha value is -5.38. The van der Waals surface area contributed by atoms with Gasteiger partial charge < -0.3 is 58.5 Å². The summed E-state index contributed by atoms with van der Waals surface area (Å²) in [5, 5.41) is 0.227. The predicted molar refractivity (Wildman–Crippen MR) is 284 cm³/mol. The van der Waals surface area contributed by atoms with Gasteiger partial charge in [0, 0.05) is 94.5 Å². The third-order valence-corrected chi connectivity index (χ3v) is 13.5. The summed E-state index contributed by atoms with van der Waals surface area (Å²) in [7, 11) is 2.70. The average Bonchev–Trinajstić information content (AvgIpc) is 3.60. The summed E-state index contributed by atoms with van der Waals surface area (Å²) in [6, 6.07) is 2.66. The van der Waals surface area contributed by atoms with Crippen LogP contribution in [-0.2, 0) is 28.3 Å². The lowest BCUT2D eigenvalue weighted by Crippen LogP contribution is -2.47. The molecule has 5 saturated heterocycles.